The highest BCUT2D eigenvalue weighted by Crippen LogP contribution is 2.18. The maximum Gasteiger partial charge on any atom is 0.181 e. The summed E-state index contributed by atoms with van der Waals surface area (Å²) < 4.78 is 5.16. The summed E-state index contributed by atoms with van der Waals surface area (Å²) in [5, 5.41) is 0.965. The van der Waals surface area contributed by atoms with E-state index in [2.05, 4.69) is 15.0 Å². The van der Waals surface area contributed by atoms with E-state index in [-0.39, 0.29) is 0 Å². The lowest BCUT2D eigenvalue weighted by Crippen LogP contribution is -1.80. The van der Waals surface area contributed by atoms with Crippen molar-refractivity contribution >= 4 is 22.0 Å². The number of fused-ring (bicyclic) bond motifs is 2. The third kappa shape index (κ3) is 0.885. The quantitative estimate of drug-likeness (QED) is 0.517. The Hall–Kier alpha value is -1.97. The van der Waals surface area contributed by atoms with Gasteiger partial charge in [0.25, 0.3) is 0 Å². The molecule has 0 amide bonds. The molecule has 62 valence electrons. The van der Waals surface area contributed by atoms with Gasteiger partial charge in [0.15, 0.2) is 12.0 Å². The van der Waals surface area contributed by atoms with Crippen LogP contribution in [0.1, 0.15) is 0 Å². The van der Waals surface area contributed by atoms with Crippen molar-refractivity contribution in [3.63, 3.8) is 0 Å². The Morgan fingerprint density at radius 3 is 3.08 bits per heavy atom. The first-order valence-corrected chi connectivity index (χ1v) is 3.86. The van der Waals surface area contributed by atoms with E-state index in [1.54, 1.807) is 6.20 Å². The monoisotopic (exact) mass is 171 g/mol. The molecule has 0 N–H and O–H groups in total. The molecule has 0 atom stereocenters. The predicted octanol–water partition coefficient (Wildman–Crippen LogP) is 1.77. The second-order valence-electron chi connectivity index (χ2n) is 2.75. The average molecular weight is 171 g/mol. The molecule has 0 unspecified atom stereocenters. The van der Waals surface area contributed by atoms with E-state index in [1.165, 1.54) is 12.7 Å². The standard InChI is InChI=1S/C9H5N3O/c1-6-3-10-4-11-7(6)2-8-9(1)13-5-12-8/h1-5H. The largest absolute Gasteiger partial charge is 0.443 e. The van der Waals surface area contributed by atoms with Gasteiger partial charge in [-0.3, -0.25) is 0 Å². The summed E-state index contributed by atoms with van der Waals surface area (Å²) in [6.07, 6.45) is 4.70. The molecule has 4 nitrogen and oxygen atoms in total. The van der Waals surface area contributed by atoms with Crippen LogP contribution in [-0.2, 0) is 0 Å². The van der Waals surface area contributed by atoms with Gasteiger partial charge in [-0.25, -0.2) is 15.0 Å². The Morgan fingerprint density at radius 2 is 2.08 bits per heavy atom. The molecular formula is C9H5N3O. The fourth-order valence-electron chi connectivity index (χ4n) is 1.33. The summed E-state index contributed by atoms with van der Waals surface area (Å²) in [7, 11) is 0. The van der Waals surface area contributed by atoms with Gasteiger partial charge in [-0.1, -0.05) is 0 Å². The van der Waals surface area contributed by atoms with Crippen molar-refractivity contribution in [3.05, 3.63) is 31.1 Å². The lowest BCUT2D eigenvalue weighted by molar-refractivity contribution is 0.602. The second kappa shape index (κ2) is 2.26. The summed E-state index contributed by atoms with van der Waals surface area (Å²) in [5.74, 6) is 0. The topological polar surface area (TPSA) is 51.8 Å². The Balaban J connectivity index is 2.57. The van der Waals surface area contributed by atoms with Crippen molar-refractivity contribution in [3.8, 4) is 0 Å². The normalized spacial score (nSPS) is 11.1. The number of benzene rings is 1. The number of hydrogen-bond donors (Lipinski definition) is 0. The Morgan fingerprint density at radius 1 is 1.08 bits per heavy atom. The zero-order valence-corrected chi connectivity index (χ0v) is 6.64. The molecule has 2 heterocycles. The van der Waals surface area contributed by atoms with Crippen LogP contribution in [0.2, 0.25) is 0 Å². The van der Waals surface area contributed by atoms with Gasteiger partial charge in [0.05, 0.1) is 5.52 Å². The van der Waals surface area contributed by atoms with Gasteiger partial charge in [0.1, 0.15) is 11.8 Å². The van der Waals surface area contributed by atoms with E-state index in [0.29, 0.717) is 0 Å². The zero-order chi connectivity index (χ0) is 8.67. The minimum atomic E-state index is 0.766. The third-order valence-electron chi connectivity index (χ3n) is 1.96. The third-order valence-corrected chi connectivity index (χ3v) is 1.96. The first-order valence-electron chi connectivity index (χ1n) is 3.86. The van der Waals surface area contributed by atoms with Crippen molar-refractivity contribution in [1.29, 1.82) is 0 Å². The van der Waals surface area contributed by atoms with Crippen LogP contribution >= 0.6 is 0 Å². The predicted molar refractivity (Wildman–Crippen MR) is 47.1 cm³/mol. The van der Waals surface area contributed by atoms with Gasteiger partial charge in [0.2, 0.25) is 0 Å². The highest BCUT2D eigenvalue weighted by molar-refractivity contribution is 5.91. The Labute approximate surface area is 73.2 Å². The van der Waals surface area contributed by atoms with Crippen LogP contribution in [0, 0.1) is 0 Å². The molecule has 1 aromatic carbocycles. The van der Waals surface area contributed by atoms with Crippen molar-refractivity contribution in [1.82, 2.24) is 15.0 Å². The first kappa shape index (κ1) is 6.54. The summed E-state index contributed by atoms with van der Waals surface area (Å²) in [6, 6.07) is 3.77. The Kier molecular flexibility index (Phi) is 1.14. The number of rotatable bonds is 0. The second-order valence-corrected chi connectivity index (χ2v) is 2.75. The number of aromatic nitrogens is 3. The maximum absolute atomic E-state index is 5.16. The molecule has 0 aliphatic rings. The van der Waals surface area contributed by atoms with E-state index >= 15 is 0 Å². The lowest BCUT2D eigenvalue weighted by Gasteiger charge is -1.93. The van der Waals surface area contributed by atoms with Crippen LogP contribution < -0.4 is 0 Å². The highest BCUT2D eigenvalue weighted by Gasteiger charge is 2.01. The molecule has 0 aliphatic carbocycles. The summed E-state index contributed by atoms with van der Waals surface area (Å²) in [4.78, 5) is 12.1. The van der Waals surface area contributed by atoms with Crippen LogP contribution in [-0.4, -0.2) is 15.0 Å². The van der Waals surface area contributed by atoms with Crippen LogP contribution in [0.3, 0.4) is 0 Å². The van der Waals surface area contributed by atoms with Crippen molar-refractivity contribution in [2.75, 3.05) is 0 Å². The summed E-state index contributed by atoms with van der Waals surface area (Å²) >= 11 is 0. The van der Waals surface area contributed by atoms with Gasteiger partial charge >= 0.3 is 0 Å². The van der Waals surface area contributed by atoms with Crippen LogP contribution in [0.15, 0.2) is 35.5 Å². The van der Waals surface area contributed by atoms with Gasteiger partial charge in [-0.15, -0.1) is 0 Å². The summed E-state index contributed by atoms with van der Waals surface area (Å²) in [6.45, 7) is 0. The molecule has 3 rings (SSSR count). The first-order chi connectivity index (χ1) is 6.43. The average Bonchev–Trinajstić information content (AvgIpc) is 2.61. The molecular weight excluding hydrogens is 166 g/mol. The minimum absolute atomic E-state index is 0.766. The van der Waals surface area contributed by atoms with Gasteiger partial charge in [-0.05, 0) is 12.1 Å². The number of nitrogens with zero attached hydrogens (tertiary/aromatic N) is 3. The molecule has 0 saturated carbocycles. The van der Waals surface area contributed by atoms with Crippen molar-refractivity contribution < 1.29 is 4.42 Å². The van der Waals surface area contributed by atoms with Crippen molar-refractivity contribution in [2.45, 2.75) is 0 Å². The highest BCUT2D eigenvalue weighted by atomic mass is 16.3. The van der Waals surface area contributed by atoms with E-state index < -0.39 is 0 Å². The van der Waals surface area contributed by atoms with E-state index in [0.717, 1.165) is 22.0 Å². The molecule has 0 saturated heterocycles. The van der Waals surface area contributed by atoms with E-state index in [1.807, 2.05) is 12.1 Å². The van der Waals surface area contributed by atoms with E-state index in [4.69, 9.17) is 4.42 Å². The molecule has 0 fully saturated rings. The molecule has 0 bridgehead atoms. The molecule has 0 spiro atoms. The van der Waals surface area contributed by atoms with Crippen LogP contribution in [0.25, 0.3) is 22.0 Å². The molecule has 0 aliphatic heterocycles. The summed E-state index contributed by atoms with van der Waals surface area (Å²) in [5.41, 5.74) is 2.48. The lowest BCUT2D eigenvalue weighted by atomic mass is 10.2. The zero-order valence-electron chi connectivity index (χ0n) is 6.64. The molecule has 3 aromatic rings. The fourth-order valence-corrected chi connectivity index (χ4v) is 1.33. The van der Waals surface area contributed by atoms with Crippen LogP contribution in [0.4, 0.5) is 0 Å². The molecule has 2 aromatic heterocycles. The maximum atomic E-state index is 5.16. The van der Waals surface area contributed by atoms with Crippen LogP contribution in [0.5, 0.6) is 0 Å². The molecule has 13 heavy (non-hydrogen) atoms. The SMILES string of the molecule is c1ncc2cc3ocnc3cc2n1. The fraction of sp³-hybridized carbons (Fsp3) is 0. The Bertz CT molecular complexity index is 523. The molecule has 4 heteroatoms. The van der Waals surface area contributed by atoms with Crippen molar-refractivity contribution in [2.24, 2.45) is 0 Å². The van der Waals surface area contributed by atoms with Gasteiger partial charge in [-0.2, -0.15) is 0 Å². The van der Waals surface area contributed by atoms with E-state index in [9.17, 15) is 0 Å². The smallest absolute Gasteiger partial charge is 0.181 e. The number of oxazole rings is 1. The van der Waals surface area contributed by atoms with Gasteiger partial charge < -0.3 is 4.42 Å². The van der Waals surface area contributed by atoms with Gasteiger partial charge in [0, 0.05) is 11.6 Å². The minimum Gasteiger partial charge on any atom is -0.443 e. The number of hydrogen-bond acceptors (Lipinski definition) is 4. The molecule has 0 radical (unpaired) electrons.